The highest BCUT2D eigenvalue weighted by Gasteiger charge is 2.06. The van der Waals surface area contributed by atoms with Gasteiger partial charge in [-0.05, 0) is 38.9 Å². The summed E-state index contributed by atoms with van der Waals surface area (Å²) in [7, 11) is 0. The molecule has 0 rings (SSSR count). The van der Waals surface area contributed by atoms with Crippen molar-refractivity contribution in [2.24, 2.45) is 0 Å². The van der Waals surface area contributed by atoms with E-state index >= 15 is 0 Å². The van der Waals surface area contributed by atoms with Gasteiger partial charge in [0, 0.05) is 25.3 Å². The SMILES string of the molecule is CC(CCO)NC(=S)NC(C)CCO. The summed E-state index contributed by atoms with van der Waals surface area (Å²) >= 11 is 5.05. The Morgan fingerprint density at radius 3 is 1.71 bits per heavy atom. The molecule has 0 saturated carbocycles. The van der Waals surface area contributed by atoms with Gasteiger partial charge in [-0.25, -0.2) is 0 Å². The first-order chi connectivity index (χ1) is 6.60. The number of hydrogen-bond donors (Lipinski definition) is 4. The molecule has 0 saturated heterocycles. The third-order valence-electron chi connectivity index (χ3n) is 1.88. The predicted molar refractivity (Wildman–Crippen MR) is 61.2 cm³/mol. The molecule has 0 heterocycles. The number of hydrogen-bond acceptors (Lipinski definition) is 3. The molecule has 0 aliphatic heterocycles. The number of nitrogens with one attached hydrogen (secondary N) is 2. The Hall–Kier alpha value is -0.390. The van der Waals surface area contributed by atoms with E-state index < -0.39 is 0 Å². The van der Waals surface area contributed by atoms with Crippen molar-refractivity contribution in [1.82, 2.24) is 10.6 Å². The molecule has 5 heteroatoms. The van der Waals surface area contributed by atoms with Gasteiger partial charge in [0.1, 0.15) is 0 Å². The fraction of sp³-hybridized carbons (Fsp3) is 0.889. The van der Waals surface area contributed by atoms with Crippen LogP contribution in [-0.4, -0.2) is 40.6 Å². The summed E-state index contributed by atoms with van der Waals surface area (Å²) in [5.41, 5.74) is 0. The van der Waals surface area contributed by atoms with Gasteiger partial charge in [0.2, 0.25) is 0 Å². The van der Waals surface area contributed by atoms with Crippen LogP contribution in [0, 0.1) is 0 Å². The molecular formula is C9H20N2O2S. The molecule has 0 aliphatic carbocycles. The molecule has 0 aromatic heterocycles. The van der Waals surface area contributed by atoms with Crippen LogP contribution in [0.1, 0.15) is 26.7 Å². The van der Waals surface area contributed by atoms with Crippen LogP contribution < -0.4 is 10.6 Å². The fourth-order valence-electron chi connectivity index (χ4n) is 1.02. The number of rotatable bonds is 6. The highest BCUT2D eigenvalue weighted by atomic mass is 32.1. The van der Waals surface area contributed by atoms with Gasteiger partial charge in [0.25, 0.3) is 0 Å². The first-order valence-corrected chi connectivity index (χ1v) is 5.29. The third-order valence-corrected chi connectivity index (χ3v) is 2.11. The summed E-state index contributed by atoms with van der Waals surface area (Å²) in [6.07, 6.45) is 1.35. The van der Waals surface area contributed by atoms with Crippen LogP contribution in [0.25, 0.3) is 0 Å². The Morgan fingerprint density at radius 1 is 1.07 bits per heavy atom. The lowest BCUT2D eigenvalue weighted by atomic mass is 10.2. The van der Waals surface area contributed by atoms with Crippen molar-refractivity contribution in [2.45, 2.75) is 38.8 Å². The van der Waals surface area contributed by atoms with Crippen LogP contribution in [0.4, 0.5) is 0 Å². The molecule has 0 aromatic rings. The van der Waals surface area contributed by atoms with Crippen molar-refractivity contribution in [2.75, 3.05) is 13.2 Å². The third kappa shape index (κ3) is 7.06. The smallest absolute Gasteiger partial charge is 0.166 e. The van der Waals surface area contributed by atoms with Gasteiger partial charge in [0.05, 0.1) is 0 Å². The van der Waals surface area contributed by atoms with Gasteiger partial charge in [-0.1, -0.05) is 0 Å². The summed E-state index contributed by atoms with van der Waals surface area (Å²) in [5, 5.41) is 24.0. The minimum atomic E-state index is 0.156. The maximum atomic E-state index is 8.68. The Morgan fingerprint density at radius 2 is 1.43 bits per heavy atom. The lowest BCUT2D eigenvalue weighted by Gasteiger charge is -2.19. The minimum Gasteiger partial charge on any atom is -0.396 e. The average molecular weight is 220 g/mol. The predicted octanol–water partition coefficient (Wildman–Crippen LogP) is -0.00770. The van der Waals surface area contributed by atoms with Crippen molar-refractivity contribution >= 4 is 17.3 Å². The zero-order valence-electron chi connectivity index (χ0n) is 8.79. The second-order valence-corrected chi connectivity index (χ2v) is 3.85. The van der Waals surface area contributed by atoms with Crippen LogP contribution in [0.15, 0.2) is 0 Å². The van der Waals surface area contributed by atoms with Crippen LogP contribution in [0.5, 0.6) is 0 Å². The Bertz CT molecular complexity index is 151. The summed E-state index contributed by atoms with van der Waals surface area (Å²) in [6.45, 7) is 4.23. The van der Waals surface area contributed by atoms with E-state index in [4.69, 9.17) is 22.4 Å². The standard InChI is InChI=1S/C9H20N2O2S/c1-7(3-5-12)10-9(14)11-8(2)4-6-13/h7-8,12-13H,3-6H2,1-2H3,(H2,10,11,14). The fourth-order valence-corrected chi connectivity index (χ4v) is 1.42. The molecule has 0 aromatic carbocycles. The second kappa shape index (κ2) is 7.96. The van der Waals surface area contributed by atoms with Gasteiger partial charge < -0.3 is 20.8 Å². The molecule has 0 spiro atoms. The molecule has 14 heavy (non-hydrogen) atoms. The Balaban J connectivity index is 3.63. The monoisotopic (exact) mass is 220 g/mol. The van der Waals surface area contributed by atoms with E-state index in [1.54, 1.807) is 0 Å². The van der Waals surface area contributed by atoms with Gasteiger partial charge in [-0.2, -0.15) is 0 Å². The zero-order valence-corrected chi connectivity index (χ0v) is 9.60. The molecule has 4 N–H and O–H groups in total. The molecule has 4 nitrogen and oxygen atoms in total. The molecule has 0 bridgehead atoms. The van der Waals surface area contributed by atoms with Crippen LogP contribution in [0.3, 0.4) is 0 Å². The normalized spacial score (nSPS) is 14.6. The minimum absolute atomic E-state index is 0.156. The van der Waals surface area contributed by atoms with E-state index in [1.807, 2.05) is 13.8 Å². The van der Waals surface area contributed by atoms with E-state index in [9.17, 15) is 0 Å². The van der Waals surface area contributed by atoms with Crippen LogP contribution >= 0.6 is 12.2 Å². The molecule has 0 radical (unpaired) electrons. The molecule has 0 amide bonds. The van der Waals surface area contributed by atoms with Gasteiger partial charge in [-0.3, -0.25) is 0 Å². The van der Waals surface area contributed by atoms with E-state index in [0.717, 1.165) is 0 Å². The quantitative estimate of drug-likeness (QED) is 0.474. The molecule has 0 aliphatic rings. The highest BCUT2D eigenvalue weighted by molar-refractivity contribution is 7.80. The molecule has 84 valence electrons. The van der Waals surface area contributed by atoms with Crippen molar-refractivity contribution in [3.63, 3.8) is 0 Å². The maximum Gasteiger partial charge on any atom is 0.166 e. The first-order valence-electron chi connectivity index (χ1n) is 4.89. The Labute approximate surface area is 90.7 Å². The second-order valence-electron chi connectivity index (χ2n) is 3.44. The van der Waals surface area contributed by atoms with E-state index in [1.165, 1.54) is 0 Å². The summed E-state index contributed by atoms with van der Waals surface area (Å²) in [5.74, 6) is 0. The van der Waals surface area contributed by atoms with Gasteiger partial charge >= 0.3 is 0 Å². The largest absolute Gasteiger partial charge is 0.396 e. The van der Waals surface area contributed by atoms with Crippen LogP contribution in [-0.2, 0) is 0 Å². The summed E-state index contributed by atoms with van der Waals surface area (Å²) in [6, 6.07) is 0.336. The van der Waals surface area contributed by atoms with Gasteiger partial charge in [0.15, 0.2) is 5.11 Å². The topological polar surface area (TPSA) is 64.5 Å². The summed E-state index contributed by atoms with van der Waals surface area (Å²) in [4.78, 5) is 0. The van der Waals surface area contributed by atoms with Crippen LogP contribution in [0.2, 0.25) is 0 Å². The lowest BCUT2D eigenvalue weighted by molar-refractivity contribution is 0.272. The van der Waals surface area contributed by atoms with E-state index in [2.05, 4.69) is 10.6 Å². The highest BCUT2D eigenvalue weighted by Crippen LogP contribution is 1.91. The maximum absolute atomic E-state index is 8.68. The summed E-state index contributed by atoms with van der Waals surface area (Å²) < 4.78 is 0. The van der Waals surface area contributed by atoms with E-state index in [-0.39, 0.29) is 25.3 Å². The molecular weight excluding hydrogens is 200 g/mol. The number of aliphatic hydroxyl groups excluding tert-OH is 2. The van der Waals surface area contributed by atoms with Gasteiger partial charge in [-0.15, -0.1) is 0 Å². The first kappa shape index (κ1) is 13.6. The number of aliphatic hydroxyl groups is 2. The zero-order chi connectivity index (χ0) is 11.0. The lowest BCUT2D eigenvalue weighted by Crippen LogP contribution is -2.44. The molecule has 2 atom stereocenters. The van der Waals surface area contributed by atoms with Crippen molar-refractivity contribution < 1.29 is 10.2 Å². The van der Waals surface area contributed by atoms with Crippen molar-refractivity contribution in [3.05, 3.63) is 0 Å². The molecule has 2 unspecified atom stereocenters. The average Bonchev–Trinajstić information content (AvgIpc) is 2.03. The Kier molecular flexibility index (Phi) is 7.74. The van der Waals surface area contributed by atoms with Crippen molar-refractivity contribution in [1.29, 1.82) is 0 Å². The molecule has 0 fully saturated rings. The van der Waals surface area contributed by atoms with Crippen molar-refractivity contribution in [3.8, 4) is 0 Å². The van der Waals surface area contributed by atoms with E-state index in [0.29, 0.717) is 18.0 Å². The number of thiocarbonyl (C=S) groups is 1.